The first-order valence-electron chi connectivity index (χ1n) is 10.8. The molecule has 30 heavy (non-hydrogen) atoms. The Morgan fingerprint density at radius 3 is 2.70 bits per heavy atom. The predicted molar refractivity (Wildman–Crippen MR) is 112 cm³/mol. The van der Waals surface area contributed by atoms with Gasteiger partial charge >= 0.3 is 0 Å². The smallest absolute Gasteiger partial charge is 0.131 e. The Bertz CT molecular complexity index is 1070. The summed E-state index contributed by atoms with van der Waals surface area (Å²) in [5.74, 6) is -0.321. The third kappa shape index (κ3) is 3.22. The molecule has 2 unspecified atom stereocenters. The quantitative estimate of drug-likeness (QED) is 0.680. The molecule has 1 saturated heterocycles. The molecule has 4 heterocycles. The highest BCUT2D eigenvalue weighted by Gasteiger charge is 2.36. The SMILES string of the molecule is CC(O)(Cn1c2c(c3nc(CF)ccc31)C1CCCCN1CC2)c1ccc(F)cc1. The molecule has 2 aromatic heterocycles. The largest absolute Gasteiger partial charge is 0.384 e. The molecule has 0 saturated carbocycles. The van der Waals surface area contributed by atoms with E-state index in [0.29, 0.717) is 23.8 Å². The molecule has 158 valence electrons. The number of rotatable bonds is 4. The average Bonchev–Trinajstić information content (AvgIpc) is 3.06. The molecule has 0 aliphatic carbocycles. The molecular weight excluding hydrogens is 384 g/mol. The summed E-state index contributed by atoms with van der Waals surface area (Å²) >= 11 is 0. The van der Waals surface area contributed by atoms with Crippen LogP contribution in [0.25, 0.3) is 11.0 Å². The first-order chi connectivity index (χ1) is 14.5. The minimum absolute atomic E-state index is 0.310. The lowest BCUT2D eigenvalue weighted by atomic mass is 9.90. The lowest BCUT2D eigenvalue weighted by Crippen LogP contribution is -2.39. The molecule has 2 atom stereocenters. The Morgan fingerprint density at radius 1 is 1.13 bits per heavy atom. The van der Waals surface area contributed by atoms with E-state index < -0.39 is 12.3 Å². The number of pyridine rings is 1. The van der Waals surface area contributed by atoms with Crippen molar-refractivity contribution in [2.75, 3.05) is 13.1 Å². The predicted octanol–water partition coefficient (Wildman–Crippen LogP) is 4.64. The Morgan fingerprint density at radius 2 is 1.93 bits per heavy atom. The van der Waals surface area contributed by atoms with E-state index in [2.05, 4.69) is 14.5 Å². The molecule has 5 rings (SSSR count). The van der Waals surface area contributed by atoms with Crippen molar-refractivity contribution < 1.29 is 13.9 Å². The van der Waals surface area contributed by atoms with Gasteiger partial charge in [-0.05, 0) is 56.1 Å². The number of aromatic nitrogens is 2. The van der Waals surface area contributed by atoms with Crippen LogP contribution in [0.2, 0.25) is 0 Å². The van der Waals surface area contributed by atoms with Crippen molar-refractivity contribution in [1.82, 2.24) is 14.5 Å². The highest BCUT2D eigenvalue weighted by molar-refractivity contribution is 5.83. The molecule has 6 heteroatoms. The number of halogens is 2. The number of hydrogen-bond donors (Lipinski definition) is 1. The topological polar surface area (TPSA) is 41.3 Å². The Hall–Kier alpha value is -2.31. The van der Waals surface area contributed by atoms with Crippen LogP contribution in [0.5, 0.6) is 0 Å². The number of hydrogen-bond acceptors (Lipinski definition) is 3. The summed E-state index contributed by atoms with van der Waals surface area (Å²) in [5, 5.41) is 11.3. The zero-order chi connectivity index (χ0) is 20.9. The van der Waals surface area contributed by atoms with Gasteiger partial charge in [-0.3, -0.25) is 4.90 Å². The Labute approximate surface area is 175 Å². The summed E-state index contributed by atoms with van der Waals surface area (Å²) in [4.78, 5) is 7.20. The van der Waals surface area contributed by atoms with Crippen LogP contribution < -0.4 is 0 Å². The Balaban J connectivity index is 1.64. The summed E-state index contributed by atoms with van der Waals surface area (Å²) < 4.78 is 28.9. The van der Waals surface area contributed by atoms with E-state index in [1.807, 2.05) is 6.07 Å². The van der Waals surface area contributed by atoms with Crippen LogP contribution >= 0.6 is 0 Å². The fourth-order valence-electron chi connectivity index (χ4n) is 5.25. The minimum Gasteiger partial charge on any atom is -0.384 e. The van der Waals surface area contributed by atoms with Crippen LogP contribution in [0.1, 0.15) is 54.7 Å². The van der Waals surface area contributed by atoms with E-state index in [1.165, 1.54) is 36.2 Å². The number of aliphatic hydroxyl groups is 1. The van der Waals surface area contributed by atoms with Gasteiger partial charge in [-0.15, -0.1) is 0 Å². The van der Waals surface area contributed by atoms with E-state index >= 15 is 0 Å². The lowest BCUT2D eigenvalue weighted by Gasteiger charge is -2.40. The number of benzene rings is 1. The van der Waals surface area contributed by atoms with E-state index in [9.17, 15) is 13.9 Å². The minimum atomic E-state index is -1.17. The van der Waals surface area contributed by atoms with Gasteiger partial charge in [-0.2, -0.15) is 0 Å². The van der Waals surface area contributed by atoms with Gasteiger partial charge in [0.05, 0.1) is 23.3 Å². The maximum atomic E-state index is 13.4. The van der Waals surface area contributed by atoms with Crippen LogP contribution in [0.15, 0.2) is 36.4 Å². The summed E-state index contributed by atoms with van der Waals surface area (Å²) in [7, 11) is 0. The molecule has 1 fully saturated rings. The van der Waals surface area contributed by atoms with E-state index in [4.69, 9.17) is 0 Å². The zero-order valence-corrected chi connectivity index (χ0v) is 17.2. The van der Waals surface area contributed by atoms with Gasteiger partial charge in [-0.25, -0.2) is 13.8 Å². The average molecular weight is 411 g/mol. The Kier molecular flexibility index (Phi) is 4.86. The second kappa shape index (κ2) is 7.43. The maximum Gasteiger partial charge on any atom is 0.131 e. The van der Waals surface area contributed by atoms with Gasteiger partial charge in [0.1, 0.15) is 18.1 Å². The van der Waals surface area contributed by atoms with Crippen molar-refractivity contribution in [2.24, 2.45) is 0 Å². The van der Waals surface area contributed by atoms with Crippen molar-refractivity contribution >= 4 is 11.0 Å². The van der Waals surface area contributed by atoms with Crippen molar-refractivity contribution in [3.8, 4) is 0 Å². The van der Waals surface area contributed by atoms with Gasteiger partial charge in [0.2, 0.25) is 0 Å². The molecule has 0 spiro atoms. The normalized spacial score (nSPS) is 21.3. The van der Waals surface area contributed by atoms with Crippen LogP contribution in [0.4, 0.5) is 8.78 Å². The van der Waals surface area contributed by atoms with Crippen molar-refractivity contribution in [3.63, 3.8) is 0 Å². The first kappa shape index (κ1) is 19.6. The number of alkyl halides is 1. The summed E-state index contributed by atoms with van der Waals surface area (Å²) in [6, 6.07) is 10.00. The highest BCUT2D eigenvalue weighted by atomic mass is 19.1. The lowest BCUT2D eigenvalue weighted by molar-refractivity contribution is 0.0379. The zero-order valence-electron chi connectivity index (χ0n) is 17.2. The molecule has 1 aromatic carbocycles. The van der Waals surface area contributed by atoms with E-state index in [0.717, 1.165) is 37.0 Å². The summed E-state index contributed by atoms with van der Waals surface area (Å²) in [6.07, 6.45) is 4.37. The molecular formula is C24H27F2N3O. The number of fused-ring (bicyclic) bond motifs is 5. The highest BCUT2D eigenvalue weighted by Crippen LogP contribution is 2.42. The van der Waals surface area contributed by atoms with Crippen molar-refractivity contribution in [3.05, 3.63) is 64.7 Å². The molecule has 3 aromatic rings. The second-order valence-electron chi connectivity index (χ2n) is 8.83. The van der Waals surface area contributed by atoms with E-state index in [-0.39, 0.29) is 5.82 Å². The standard InChI is InChI=1S/C24H27F2N3O/c1-24(30,16-5-7-17(26)8-6-16)15-29-20-11-13-28-12-3-2-4-19(28)22(20)23-21(29)10-9-18(14-25)27-23/h5-10,19,30H,2-4,11-15H2,1H3. The van der Waals surface area contributed by atoms with E-state index in [1.54, 1.807) is 25.1 Å². The van der Waals surface area contributed by atoms with Gasteiger partial charge in [0, 0.05) is 30.3 Å². The van der Waals surface area contributed by atoms with Crippen molar-refractivity contribution in [1.29, 1.82) is 0 Å². The molecule has 1 N–H and O–H groups in total. The molecule has 4 nitrogen and oxygen atoms in total. The van der Waals surface area contributed by atoms with Gasteiger partial charge in [0.15, 0.2) is 0 Å². The monoisotopic (exact) mass is 411 g/mol. The first-order valence-corrected chi connectivity index (χ1v) is 10.8. The van der Waals surface area contributed by atoms with Crippen LogP contribution in [-0.2, 0) is 25.2 Å². The third-order valence-corrected chi connectivity index (χ3v) is 6.77. The van der Waals surface area contributed by atoms with Crippen LogP contribution in [0, 0.1) is 5.82 Å². The third-order valence-electron chi connectivity index (χ3n) is 6.77. The molecule has 2 aliphatic rings. The fourth-order valence-corrected chi connectivity index (χ4v) is 5.25. The summed E-state index contributed by atoms with van der Waals surface area (Å²) in [6.45, 7) is 3.60. The van der Waals surface area contributed by atoms with Crippen LogP contribution in [0.3, 0.4) is 0 Å². The van der Waals surface area contributed by atoms with Gasteiger partial charge < -0.3 is 9.67 Å². The van der Waals surface area contributed by atoms with Gasteiger partial charge in [0.25, 0.3) is 0 Å². The van der Waals surface area contributed by atoms with Crippen LogP contribution in [-0.4, -0.2) is 32.6 Å². The molecule has 0 amide bonds. The summed E-state index contributed by atoms with van der Waals surface area (Å²) in [5.41, 5.74) is 4.15. The molecule has 0 radical (unpaired) electrons. The second-order valence-corrected chi connectivity index (χ2v) is 8.83. The fraction of sp³-hybridized carbons (Fsp3) is 0.458. The molecule has 2 aliphatic heterocycles. The van der Waals surface area contributed by atoms with Gasteiger partial charge in [-0.1, -0.05) is 18.6 Å². The van der Waals surface area contributed by atoms with Crippen molar-refractivity contribution in [2.45, 2.75) is 57.5 Å². The molecule has 0 bridgehead atoms. The number of piperidine rings is 1. The maximum absolute atomic E-state index is 13.4. The number of nitrogens with zero attached hydrogens (tertiary/aromatic N) is 3.